The van der Waals surface area contributed by atoms with E-state index in [-0.39, 0.29) is 6.04 Å². The van der Waals surface area contributed by atoms with Gasteiger partial charge in [0.2, 0.25) is 0 Å². The maximum absolute atomic E-state index is 12.0. The van der Waals surface area contributed by atoms with Crippen molar-refractivity contribution in [1.29, 1.82) is 0 Å². The zero-order chi connectivity index (χ0) is 13.9. The third kappa shape index (κ3) is 3.77. The van der Waals surface area contributed by atoms with Crippen molar-refractivity contribution in [1.82, 2.24) is 18.8 Å². The van der Waals surface area contributed by atoms with E-state index in [1.165, 1.54) is 4.31 Å². The van der Waals surface area contributed by atoms with E-state index < -0.39 is 10.2 Å². The van der Waals surface area contributed by atoms with Crippen molar-refractivity contribution in [3.05, 3.63) is 16.9 Å². The Kier molecular flexibility index (Phi) is 4.99. The van der Waals surface area contributed by atoms with Crippen molar-refractivity contribution in [3.63, 3.8) is 0 Å². The average molecular weight is 351 g/mol. The van der Waals surface area contributed by atoms with Gasteiger partial charge in [0.1, 0.15) is 0 Å². The molecule has 1 aliphatic rings. The number of halogens is 1. The molecule has 0 unspecified atom stereocenters. The SMILES string of the molecule is CCCNS(=O)(=O)N1CCC(n2cc(Br)cn2)CC1. The molecular weight excluding hydrogens is 332 g/mol. The number of hydrogen-bond donors (Lipinski definition) is 1. The highest BCUT2D eigenvalue weighted by atomic mass is 79.9. The second-order valence-electron chi connectivity index (χ2n) is 4.67. The summed E-state index contributed by atoms with van der Waals surface area (Å²) in [6.45, 7) is 3.53. The zero-order valence-corrected chi connectivity index (χ0v) is 13.3. The molecule has 0 aromatic carbocycles. The van der Waals surface area contributed by atoms with Crippen LogP contribution in [0.15, 0.2) is 16.9 Å². The average Bonchev–Trinajstić information content (AvgIpc) is 2.83. The zero-order valence-electron chi connectivity index (χ0n) is 10.9. The first-order valence-electron chi connectivity index (χ1n) is 6.47. The Bertz CT molecular complexity index is 509. The predicted octanol–water partition coefficient (Wildman–Crippen LogP) is 1.53. The van der Waals surface area contributed by atoms with E-state index in [1.807, 2.05) is 17.8 Å². The van der Waals surface area contributed by atoms with Crippen molar-refractivity contribution in [3.8, 4) is 0 Å². The molecule has 0 saturated carbocycles. The van der Waals surface area contributed by atoms with Gasteiger partial charge in [-0.3, -0.25) is 4.68 Å². The summed E-state index contributed by atoms with van der Waals surface area (Å²) in [5.41, 5.74) is 0. The number of piperidine rings is 1. The van der Waals surface area contributed by atoms with Crippen LogP contribution in [0.3, 0.4) is 0 Å². The molecule has 1 saturated heterocycles. The molecule has 0 amide bonds. The second kappa shape index (κ2) is 6.34. The van der Waals surface area contributed by atoms with Gasteiger partial charge in [-0.15, -0.1) is 0 Å². The lowest BCUT2D eigenvalue weighted by molar-refractivity contribution is 0.259. The van der Waals surface area contributed by atoms with Crippen LogP contribution in [0.1, 0.15) is 32.2 Å². The predicted molar refractivity (Wildman–Crippen MR) is 77.0 cm³/mol. The summed E-state index contributed by atoms with van der Waals surface area (Å²) in [6, 6.07) is 0.281. The molecule has 1 fully saturated rings. The Morgan fingerprint density at radius 3 is 2.68 bits per heavy atom. The highest BCUT2D eigenvalue weighted by Gasteiger charge is 2.28. The first kappa shape index (κ1) is 15.0. The Labute approximate surface area is 122 Å². The molecule has 1 N–H and O–H groups in total. The van der Waals surface area contributed by atoms with Gasteiger partial charge < -0.3 is 0 Å². The third-order valence-corrected chi connectivity index (χ3v) is 5.27. The topological polar surface area (TPSA) is 67.2 Å². The van der Waals surface area contributed by atoms with Gasteiger partial charge >= 0.3 is 0 Å². The lowest BCUT2D eigenvalue weighted by atomic mass is 10.1. The van der Waals surface area contributed by atoms with Crippen LogP contribution >= 0.6 is 15.9 Å². The van der Waals surface area contributed by atoms with Crippen molar-refractivity contribution in [2.24, 2.45) is 0 Å². The monoisotopic (exact) mass is 350 g/mol. The summed E-state index contributed by atoms with van der Waals surface area (Å²) in [7, 11) is -3.30. The number of rotatable bonds is 5. The van der Waals surface area contributed by atoms with Crippen molar-refractivity contribution in [2.45, 2.75) is 32.2 Å². The quantitative estimate of drug-likeness (QED) is 0.875. The molecule has 2 heterocycles. The van der Waals surface area contributed by atoms with E-state index in [4.69, 9.17) is 0 Å². The van der Waals surface area contributed by atoms with Gasteiger partial charge in [0.25, 0.3) is 10.2 Å². The van der Waals surface area contributed by atoms with E-state index >= 15 is 0 Å². The standard InChI is InChI=1S/C11H19BrN4O2S/c1-2-5-14-19(17,18)15-6-3-11(4-7-15)16-9-10(12)8-13-16/h8-9,11,14H,2-7H2,1H3. The second-order valence-corrected chi connectivity index (χ2v) is 7.34. The van der Waals surface area contributed by atoms with Crippen LogP contribution < -0.4 is 4.72 Å². The minimum Gasteiger partial charge on any atom is -0.268 e. The number of hydrogen-bond acceptors (Lipinski definition) is 3. The van der Waals surface area contributed by atoms with Gasteiger partial charge in [0.15, 0.2) is 0 Å². The minimum absolute atomic E-state index is 0.281. The summed E-state index contributed by atoms with van der Waals surface area (Å²) in [5, 5.41) is 4.26. The Balaban J connectivity index is 1.92. The van der Waals surface area contributed by atoms with Gasteiger partial charge in [0.05, 0.1) is 16.7 Å². The molecule has 1 aromatic rings. The van der Waals surface area contributed by atoms with Crippen LogP contribution in [0.5, 0.6) is 0 Å². The fourth-order valence-electron chi connectivity index (χ4n) is 2.18. The molecule has 0 atom stereocenters. The molecule has 108 valence electrons. The highest BCUT2D eigenvalue weighted by Crippen LogP contribution is 2.24. The lowest BCUT2D eigenvalue weighted by Gasteiger charge is -2.31. The van der Waals surface area contributed by atoms with Crippen LogP contribution in [0.2, 0.25) is 0 Å². The van der Waals surface area contributed by atoms with Crippen molar-refractivity contribution in [2.75, 3.05) is 19.6 Å². The van der Waals surface area contributed by atoms with Gasteiger partial charge in [-0.05, 0) is 35.2 Å². The largest absolute Gasteiger partial charge is 0.279 e. The summed E-state index contributed by atoms with van der Waals surface area (Å²) < 4.78 is 30.9. The number of aromatic nitrogens is 2. The molecule has 1 aliphatic heterocycles. The Hall–Kier alpha value is -0.440. The van der Waals surface area contributed by atoms with Crippen LogP contribution in [0, 0.1) is 0 Å². The van der Waals surface area contributed by atoms with Gasteiger partial charge in [-0.1, -0.05) is 6.92 Å². The lowest BCUT2D eigenvalue weighted by Crippen LogP contribution is -2.45. The highest BCUT2D eigenvalue weighted by molar-refractivity contribution is 9.10. The molecule has 1 aromatic heterocycles. The fraction of sp³-hybridized carbons (Fsp3) is 0.727. The fourth-order valence-corrected chi connectivity index (χ4v) is 3.82. The molecular formula is C11H19BrN4O2S. The van der Waals surface area contributed by atoms with E-state index in [0.29, 0.717) is 19.6 Å². The van der Waals surface area contributed by atoms with Gasteiger partial charge in [-0.2, -0.15) is 17.8 Å². The minimum atomic E-state index is -3.30. The number of nitrogens with one attached hydrogen (secondary N) is 1. The van der Waals surface area contributed by atoms with Crippen molar-refractivity contribution >= 4 is 26.1 Å². The van der Waals surface area contributed by atoms with Crippen LogP contribution in [0.25, 0.3) is 0 Å². The van der Waals surface area contributed by atoms with E-state index in [0.717, 1.165) is 23.7 Å². The van der Waals surface area contributed by atoms with Crippen LogP contribution in [-0.2, 0) is 10.2 Å². The molecule has 0 radical (unpaired) electrons. The van der Waals surface area contributed by atoms with E-state index in [9.17, 15) is 8.42 Å². The first-order chi connectivity index (χ1) is 9.03. The summed E-state index contributed by atoms with van der Waals surface area (Å²) in [5.74, 6) is 0. The normalized spacial score (nSPS) is 18.8. The third-order valence-electron chi connectivity index (χ3n) is 3.24. The van der Waals surface area contributed by atoms with Crippen LogP contribution in [-0.4, -0.2) is 42.1 Å². The first-order valence-corrected chi connectivity index (χ1v) is 8.70. The summed E-state index contributed by atoms with van der Waals surface area (Å²) in [6.07, 6.45) is 6.08. The van der Waals surface area contributed by atoms with E-state index in [2.05, 4.69) is 25.8 Å². The van der Waals surface area contributed by atoms with Gasteiger partial charge in [0, 0.05) is 25.8 Å². The Morgan fingerprint density at radius 2 is 2.16 bits per heavy atom. The molecule has 6 nitrogen and oxygen atoms in total. The maximum atomic E-state index is 12.0. The molecule has 0 spiro atoms. The smallest absolute Gasteiger partial charge is 0.268 e. The van der Waals surface area contributed by atoms with Crippen LogP contribution in [0.4, 0.5) is 0 Å². The molecule has 8 heteroatoms. The molecule has 19 heavy (non-hydrogen) atoms. The maximum Gasteiger partial charge on any atom is 0.279 e. The summed E-state index contributed by atoms with van der Waals surface area (Å²) >= 11 is 3.37. The van der Waals surface area contributed by atoms with E-state index in [1.54, 1.807) is 6.20 Å². The Morgan fingerprint density at radius 1 is 1.47 bits per heavy atom. The van der Waals surface area contributed by atoms with Crippen molar-refractivity contribution < 1.29 is 8.42 Å². The molecule has 0 aliphatic carbocycles. The number of nitrogens with zero attached hydrogens (tertiary/aromatic N) is 3. The molecule has 0 bridgehead atoms. The van der Waals surface area contributed by atoms with Gasteiger partial charge in [-0.25, -0.2) is 4.72 Å². The summed E-state index contributed by atoms with van der Waals surface area (Å²) in [4.78, 5) is 0. The molecule has 2 rings (SSSR count).